The number of anilines is 3. The van der Waals surface area contributed by atoms with Gasteiger partial charge in [-0.3, -0.25) is 19.2 Å². The quantitative estimate of drug-likeness (QED) is 0.123. The zero-order valence-electron chi connectivity index (χ0n) is 31.9. The van der Waals surface area contributed by atoms with E-state index in [0.29, 0.717) is 35.5 Å². The van der Waals surface area contributed by atoms with Gasteiger partial charge < -0.3 is 20.7 Å². The minimum Gasteiger partial charge on any atom is -0.469 e. The van der Waals surface area contributed by atoms with Crippen LogP contribution in [0.3, 0.4) is 0 Å². The fraction of sp³-hybridized carbons (Fsp3) is 0.476. The Balaban J connectivity index is 1.81. The predicted octanol–water partition coefficient (Wildman–Crippen LogP) is 9.37. The Bertz CT molecular complexity index is 1560. The predicted molar refractivity (Wildman–Crippen MR) is 203 cm³/mol. The first-order valence-electron chi connectivity index (χ1n) is 17.4. The Morgan fingerprint density at radius 2 is 1.00 bits per heavy atom. The number of esters is 1. The van der Waals surface area contributed by atoms with Crippen molar-refractivity contribution in [2.45, 2.75) is 112 Å². The number of ether oxygens (including phenoxy) is 1. The topological polar surface area (TPSA) is 114 Å². The van der Waals surface area contributed by atoms with Crippen molar-refractivity contribution >= 4 is 40.8 Å². The van der Waals surface area contributed by atoms with Gasteiger partial charge in [0.2, 0.25) is 17.7 Å². The van der Waals surface area contributed by atoms with E-state index < -0.39 is 17.7 Å². The van der Waals surface area contributed by atoms with Gasteiger partial charge in [0.05, 0.1) is 13.5 Å². The molecule has 3 rings (SSSR count). The lowest BCUT2D eigenvalue weighted by molar-refractivity contribution is -0.143. The fourth-order valence-corrected chi connectivity index (χ4v) is 6.31. The monoisotopic (exact) mass is 683 g/mol. The number of hydrogen-bond acceptors (Lipinski definition) is 5. The lowest BCUT2D eigenvalue weighted by Gasteiger charge is -2.36. The van der Waals surface area contributed by atoms with Gasteiger partial charge in [-0.05, 0) is 81.2 Å². The van der Waals surface area contributed by atoms with Crippen molar-refractivity contribution in [2.24, 2.45) is 10.8 Å². The first-order valence-corrected chi connectivity index (χ1v) is 17.4. The van der Waals surface area contributed by atoms with Crippen LogP contribution < -0.4 is 16.0 Å². The first kappa shape index (κ1) is 40.0. The van der Waals surface area contributed by atoms with Crippen molar-refractivity contribution in [3.05, 3.63) is 89.5 Å². The molecule has 3 N–H and O–H groups in total. The molecule has 1 atom stereocenters. The third-order valence-electron chi connectivity index (χ3n) is 9.29. The average molecular weight is 684 g/mol. The highest BCUT2D eigenvalue weighted by molar-refractivity contribution is 6.15. The molecular weight excluding hydrogens is 626 g/mol. The minimum absolute atomic E-state index is 0.0407. The molecule has 1 unspecified atom stereocenters. The molecule has 0 spiro atoms. The van der Waals surface area contributed by atoms with Crippen molar-refractivity contribution in [3.8, 4) is 0 Å². The number of carbonyl (C=O) groups excluding carboxylic acids is 4. The van der Waals surface area contributed by atoms with Crippen molar-refractivity contribution in [3.63, 3.8) is 0 Å². The Kier molecular flexibility index (Phi) is 12.8. The summed E-state index contributed by atoms with van der Waals surface area (Å²) in [7, 11) is 1.39. The second kappa shape index (κ2) is 16.0. The summed E-state index contributed by atoms with van der Waals surface area (Å²) in [6.45, 7) is 20.9. The summed E-state index contributed by atoms with van der Waals surface area (Å²) in [5, 5.41) is 8.82. The Morgan fingerprint density at radius 1 is 0.600 bits per heavy atom. The molecule has 0 fully saturated rings. The van der Waals surface area contributed by atoms with Crippen molar-refractivity contribution in [1.82, 2.24) is 0 Å². The van der Waals surface area contributed by atoms with Gasteiger partial charge in [0, 0.05) is 23.5 Å². The number of nitrogens with one attached hydrogen (secondary N) is 3. The molecule has 8 heteroatoms. The van der Waals surface area contributed by atoms with Crippen LogP contribution >= 0.6 is 0 Å². The van der Waals surface area contributed by atoms with Crippen LogP contribution in [-0.4, -0.2) is 30.8 Å². The van der Waals surface area contributed by atoms with Gasteiger partial charge in [0.15, 0.2) is 0 Å². The molecule has 50 heavy (non-hydrogen) atoms. The summed E-state index contributed by atoms with van der Waals surface area (Å²) in [6, 6.07) is 22.1. The summed E-state index contributed by atoms with van der Waals surface area (Å²) in [5.41, 5.74) is 3.73. The molecule has 8 nitrogen and oxygen atoms in total. The number of rotatable bonds is 13. The molecule has 3 amide bonds. The molecule has 3 aromatic carbocycles. The Labute approximate surface area is 299 Å². The number of carbonyl (C=O) groups is 4. The van der Waals surface area contributed by atoms with Crippen LogP contribution in [0, 0.1) is 10.8 Å². The molecule has 0 bridgehead atoms. The van der Waals surface area contributed by atoms with E-state index in [9.17, 15) is 19.2 Å². The van der Waals surface area contributed by atoms with Crippen molar-refractivity contribution < 1.29 is 23.9 Å². The summed E-state index contributed by atoms with van der Waals surface area (Å²) in [4.78, 5) is 52.8. The highest BCUT2D eigenvalue weighted by Gasteiger charge is 2.35. The van der Waals surface area contributed by atoms with Crippen LogP contribution in [0.15, 0.2) is 72.8 Å². The van der Waals surface area contributed by atoms with Crippen LogP contribution in [0.4, 0.5) is 17.1 Å². The van der Waals surface area contributed by atoms with Crippen LogP contribution in [-0.2, 0) is 34.7 Å². The van der Waals surface area contributed by atoms with E-state index in [2.05, 4.69) is 57.5 Å². The summed E-state index contributed by atoms with van der Waals surface area (Å²) >= 11 is 0. The average Bonchev–Trinajstić information content (AvgIpc) is 3.01. The number of benzene rings is 3. The normalized spacial score (nSPS) is 13.3. The lowest BCUT2D eigenvalue weighted by atomic mass is 9.69. The SMILES string of the molecule is CCC(C)(CC(=O)OC)CC(C)(C)CC(=O)Nc1ccc(C(C(=O)Nc2ccc(C(C)(C)C)cc2)C(=O)Nc2ccc(C(C)(C)C)cc2)cc1. The van der Waals surface area contributed by atoms with E-state index in [4.69, 9.17) is 4.74 Å². The first-order chi connectivity index (χ1) is 23.1. The number of hydrogen-bond donors (Lipinski definition) is 3. The van der Waals surface area contributed by atoms with Gasteiger partial charge in [-0.2, -0.15) is 0 Å². The van der Waals surface area contributed by atoms with E-state index in [0.717, 1.165) is 17.5 Å². The molecule has 270 valence electrons. The molecule has 0 aromatic heterocycles. The molecule has 0 saturated carbocycles. The van der Waals surface area contributed by atoms with Gasteiger partial charge in [-0.15, -0.1) is 0 Å². The third kappa shape index (κ3) is 11.6. The maximum absolute atomic E-state index is 13.8. The van der Waals surface area contributed by atoms with Gasteiger partial charge in [-0.25, -0.2) is 0 Å². The second-order valence-electron chi connectivity index (χ2n) is 16.7. The zero-order valence-corrected chi connectivity index (χ0v) is 31.9. The fourth-order valence-electron chi connectivity index (χ4n) is 6.31. The third-order valence-corrected chi connectivity index (χ3v) is 9.29. The van der Waals surface area contributed by atoms with E-state index >= 15 is 0 Å². The molecule has 0 saturated heterocycles. The van der Waals surface area contributed by atoms with Gasteiger partial charge in [-0.1, -0.05) is 112 Å². The Hall–Kier alpha value is -4.46. The standard InChI is InChI=1S/C42H57N3O5/c1-12-42(10,26-35(47)50-11)27-41(8,9)25-34(46)43-31-19-13-28(14-20-31)36(37(48)44-32-21-15-29(16-22-32)39(2,3)4)38(49)45-33-23-17-30(18-24-33)40(5,6)7/h13-24,36H,12,25-27H2,1-11H3,(H,43,46)(H,44,48)(H,45,49). The van der Waals surface area contributed by atoms with Crippen LogP contribution in [0.2, 0.25) is 0 Å². The molecule has 3 aromatic rings. The maximum atomic E-state index is 13.8. The van der Waals surface area contributed by atoms with Crippen LogP contribution in [0.5, 0.6) is 0 Å². The van der Waals surface area contributed by atoms with Crippen LogP contribution in [0.1, 0.15) is 118 Å². The summed E-state index contributed by atoms with van der Waals surface area (Å²) in [6.07, 6.45) is 1.99. The van der Waals surface area contributed by atoms with Gasteiger partial charge in [0.25, 0.3) is 0 Å². The maximum Gasteiger partial charge on any atom is 0.306 e. The minimum atomic E-state index is -1.16. The van der Waals surface area contributed by atoms with E-state index in [1.54, 1.807) is 24.3 Å². The summed E-state index contributed by atoms with van der Waals surface area (Å²) in [5.74, 6) is -2.52. The molecule has 0 aliphatic heterocycles. The largest absolute Gasteiger partial charge is 0.469 e. The molecular formula is C42H57N3O5. The van der Waals surface area contributed by atoms with E-state index in [1.807, 2.05) is 76.2 Å². The second-order valence-corrected chi connectivity index (χ2v) is 16.7. The van der Waals surface area contributed by atoms with Crippen LogP contribution in [0.25, 0.3) is 0 Å². The highest BCUT2D eigenvalue weighted by Crippen LogP contribution is 2.41. The molecule has 0 aliphatic carbocycles. The van der Waals surface area contributed by atoms with Crippen molar-refractivity contribution in [1.29, 1.82) is 0 Å². The summed E-state index contributed by atoms with van der Waals surface area (Å²) < 4.78 is 4.90. The van der Waals surface area contributed by atoms with Gasteiger partial charge >= 0.3 is 5.97 Å². The number of methoxy groups -OCH3 is 1. The van der Waals surface area contributed by atoms with E-state index in [1.165, 1.54) is 7.11 Å². The lowest BCUT2D eigenvalue weighted by Crippen LogP contribution is -2.32. The van der Waals surface area contributed by atoms with E-state index in [-0.39, 0.29) is 40.0 Å². The van der Waals surface area contributed by atoms with Crippen molar-refractivity contribution in [2.75, 3.05) is 23.1 Å². The smallest absolute Gasteiger partial charge is 0.306 e. The van der Waals surface area contributed by atoms with Gasteiger partial charge in [0.1, 0.15) is 5.92 Å². The molecule has 0 aliphatic rings. The number of amides is 3. The highest BCUT2D eigenvalue weighted by atomic mass is 16.5. The zero-order chi connectivity index (χ0) is 37.5. The molecule has 0 heterocycles. The molecule has 0 radical (unpaired) electrons. The Morgan fingerprint density at radius 3 is 1.38 bits per heavy atom.